The van der Waals surface area contributed by atoms with E-state index in [0.29, 0.717) is 32.8 Å². The summed E-state index contributed by atoms with van der Waals surface area (Å²) in [4.78, 5) is 27.1. The third kappa shape index (κ3) is 6.67. The molecule has 0 spiro atoms. The molecular formula is C23H19Cl3N2O4S2. The number of nitrogens with one attached hydrogen (secondary N) is 1. The van der Waals surface area contributed by atoms with Gasteiger partial charge in [-0.15, -0.1) is 6.58 Å². The molecule has 2 aromatic rings. The number of carbonyl (C=O) groups excluding carboxylic acids is 2. The molecule has 1 heterocycles. The number of thiocarbonyl (C=S) groups is 1. The highest BCUT2D eigenvalue weighted by atomic mass is 35.6. The Morgan fingerprint density at radius 1 is 1.18 bits per heavy atom. The smallest absolute Gasteiger partial charge is 0.266 e. The summed E-state index contributed by atoms with van der Waals surface area (Å²) in [5.41, 5.74) is 1.09. The van der Waals surface area contributed by atoms with Gasteiger partial charge in [0.2, 0.25) is 10.0 Å². The minimum Gasteiger partial charge on any atom is -0.497 e. The number of methoxy groups -OCH3 is 1. The van der Waals surface area contributed by atoms with Gasteiger partial charge in [0.05, 0.1) is 12.0 Å². The number of alkyl halides is 3. The number of nitrogens with zero attached hydrogens (tertiary/aromatic N) is 1. The van der Waals surface area contributed by atoms with Crippen LogP contribution in [-0.4, -0.2) is 44.7 Å². The zero-order valence-electron chi connectivity index (χ0n) is 17.8. The van der Waals surface area contributed by atoms with E-state index in [2.05, 4.69) is 11.9 Å². The molecule has 178 valence electrons. The highest BCUT2D eigenvalue weighted by molar-refractivity contribution is 8.26. The molecule has 0 aromatic heterocycles. The predicted octanol–water partition coefficient (Wildman–Crippen LogP) is 5.59. The van der Waals surface area contributed by atoms with Gasteiger partial charge in [0.25, 0.3) is 11.8 Å². The number of ether oxygens (including phenoxy) is 2. The summed E-state index contributed by atoms with van der Waals surface area (Å²) in [7, 11) is 1.53. The summed E-state index contributed by atoms with van der Waals surface area (Å²) < 4.78 is 9.36. The first-order valence-corrected chi connectivity index (χ1v) is 12.1. The van der Waals surface area contributed by atoms with Crippen molar-refractivity contribution in [2.45, 2.75) is 10.0 Å². The van der Waals surface area contributed by atoms with Crippen LogP contribution in [0.15, 0.2) is 66.1 Å². The molecule has 11 heteroatoms. The van der Waals surface area contributed by atoms with Gasteiger partial charge in [-0.25, -0.2) is 0 Å². The Labute approximate surface area is 221 Å². The molecule has 1 aliphatic heterocycles. The zero-order valence-corrected chi connectivity index (χ0v) is 21.7. The quantitative estimate of drug-likeness (QED) is 0.150. The van der Waals surface area contributed by atoms with Crippen LogP contribution in [0.1, 0.15) is 15.9 Å². The molecule has 1 saturated heterocycles. The Kier molecular flexibility index (Phi) is 8.89. The van der Waals surface area contributed by atoms with Crippen molar-refractivity contribution in [2.24, 2.45) is 0 Å². The van der Waals surface area contributed by atoms with Crippen LogP contribution in [0.3, 0.4) is 0 Å². The second kappa shape index (κ2) is 11.5. The second-order valence-electron chi connectivity index (χ2n) is 6.89. The van der Waals surface area contributed by atoms with Crippen LogP contribution in [0, 0.1) is 0 Å². The van der Waals surface area contributed by atoms with Gasteiger partial charge in [-0.2, -0.15) is 0 Å². The Hall–Kier alpha value is -2.23. The summed E-state index contributed by atoms with van der Waals surface area (Å²) in [5, 5.41) is 2.57. The predicted molar refractivity (Wildman–Crippen MR) is 142 cm³/mol. The highest BCUT2D eigenvalue weighted by Gasteiger charge is 2.36. The highest BCUT2D eigenvalue weighted by Crippen LogP contribution is 2.34. The van der Waals surface area contributed by atoms with Crippen LogP contribution >= 0.6 is 58.8 Å². The van der Waals surface area contributed by atoms with Gasteiger partial charge in [-0.1, -0.05) is 77.0 Å². The SMILES string of the molecule is C=CCN1C(=O)/C(=C/c2ccc(O[C@H](NC(=O)c3ccc(OC)cc3)C(Cl)(Cl)Cl)cc2)SC1=S. The minimum atomic E-state index is -1.94. The number of hydrogen-bond acceptors (Lipinski definition) is 6. The lowest BCUT2D eigenvalue weighted by Gasteiger charge is -2.26. The van der Waals surface area contributed by atoms with Gasteiger partial charge >= 0.3 is 0 Å². The number of amides is 2. The largest absolute Gasteiger partial charge is 0.497 e. The molecule has 1 atom stereocenters. The molecule has 1 fully saturated rings. The topological polar surface area (TPSA) is 67.9 Å². The zero-order chi connectivity index (χ0) is 24.9. The average molecular weight is 558 g/mol. The van der Waals surface area contributed by atoms with Crippen molar-refractivity contribution in [2.75, 3.05) is 13.7 Å². The molecule has 0 saturated carbocycles. The summed E-state index contributed by atoms with van der Waals surface area (Å²) in [6.45, 7) is 4.00. The van der Waals surface area contributed by atoms with Crippen molar-refractivity contribution >= 4 is 81.0 Å². The lowest BCUT2D eigenvalue weighted by atomic mass is 10.2. The van der Waals surface area contributed by atoms with E-state index in [1.165, 1.54) is 23.8 Å². The number of carbonyl (C=O) groups is 2. The van der Waals surface area contributed by atoms with Crippen molar-refractivity contribution in [1.29, 1.82) is 0 Å². The van der Waals surface area contributed by atoms with Crippen LogP contribution in [0.25, 0.3) is 6.08 Å². The summed E-state index contributed by atoms with van der Waals surface area (Å²) in [6, 6.07) is 13.2. The Balaban J connectivity index is 1.71. The number of hydrogen-bond donors (Lipinski definition) is 1. The fourth-order valence-electron chi connectivity index (χ4n) is 2.84. The third-order valence-corrected chi connectivity index (χ3v) is 6.50. The van der Waals surface area contributed by atoms with Crippen LogP contribution in [-0.2, 0) is 4.79 Å². The van der Waals surface area contributed by atoms with E-state index in [4.69, 9.17) is 56.5 Å². The van der Waals surface area contributed by atoms with Gasteiger partial charge in [-0.05, 0) is 48.0 Å². The van der Waals surface area contributed by atoms with Crippen molar-refractivity contribution in [3.63, 3.8) is 0 Å². The Morgan fingerprint density at radius 3 is 2.35 bits per heavy atom. The van der Waals surface area contributed by atoms with Crippen LogP contribution in [0.5, 0.6) is 11.5 Å². The van der Waals surface area contributed by atoms with Crippen LogP contribution < -0.4 is 14.8 Å². The molecule has 2 aromatic carbocycles. The maximum absolute atomic E-state index is 12.6. The van der Waals surface area contributed by atoms with Crippen molar-refractivity contribution in [3.8, 4) is 11.5 Å². The van der Waals surface area contributed by atoms with Crippen molar-refractivity contribution in [3.05, 3.63) is 77.2 Å². The first-order valence-electron chi connectivity index (χ1n) is 9.77. The van der Waals surface area contributed by atoms with Gasteiger partial charge in [-0.3, -0.25) is 14.5 Å². The molecule has 6 nitrogen and oxygen atoms in total. The minimum absolute atomic E-state index is 0.173. The van der Waals surface area contributed by atoms with E-state index in [9.17, 15) is 9.59 Å². The molecule has 2 amide bonds. The summed E-state index contributed by atoms with van der Waals surface area (Å²) >= 11 is 24.6. The lowest BCUT2D eigenvalue weighted by molar-refractivity contribution is -0.121. The number of benzene rings is 2. The fraction of sp³-hybridized carbons (Fsp3) is 0.174. The molecular weight excluding hydrogens is 539 g/mol. The second-order valence-corrected chi connectivity index (χ2v) is 10.9. The van der Waals surface area contributed by atoms with Gasteiger partial charge < -0.3 is 14.8 Å². The van der Waals surface area contributed by atoms with Gasteiger partial charge in [0.15, 0.2) is 0 Å². The first kappa shape index (κ1) is 26.4. The standard InChI is InChI=1S/C23H19Cl3N2O4S2/c1-3-12-28-20(30)18(34-22(28)33)13-14-4-8-17(9-5-14)32-21(23(24,25)26)27-19(29)15-6-10-16(31-2)11-7-15/h3-11,13,21H,1,12H2,2H3,(H,27,29)/b18-13-/t21-/m0/s1. The molecule has 1 N–H and O–H groups in total. The molecule has 3 rings (SSSR count). The molecule has 34 heavy (non-hydrogen) atoms. The van der Waals surface area contributed by atoms with E-state index in [1.54, 1.807) is 60.7 Å². The van der Waals surface area contributed by atoms with Crippen LogP contribution in [0.4, 0.5) is 0 Å². The first-order chi connectivity index (χ1) is 16.1. The average Bonchev–Trinajstić information content (AvgIpc) is 3.06. The maximum Gasteiger partial charge on any atom is 0.266 e. The fourth-order valence-corrected chi connectivity index (χ4v) is 4.41. The van der Waals surface area contributed by atoms with E-state index in [1.807, 2.05) is 0 Å². The van der Waals surface area contributed by atoms with E-state index in [-0.39, 0.29) is 5.91 Å². The molecule has 0 bridgehead atoms. The molecule has 1 aliphatic rings. The number of halogens is 3. The van der Waals surface area contributed by atoms with E-state index >= 15 is 0 Å². The van der Waals surface area contributed by atoms with Gasteiger partial charge in [0.1, 0.15) is 15.8 Å². The molecule has 0 aliphatic carbocycles. The Bertz CT molecular complexity index is 1120. The lowest BCUT2D eigenvalue weighted by Crippen LogP contribution is -2.47. The molecule has 0 unspecified atom stereocenters. The van der Waals surface area contributed by atoms with E-state index in [0.717, 1.165) is 5.56 Å². The third-order valence-electron chi connectivity index (χ3n) is 4.53. The van der Waals surface area contributed by atoms with E-state index < -0.39 is 15.9 Å². The molecule has 0 radical (unpaired) electrons. The normalized spacial score (nSPS) is 15.9. The van der Waals surface area contributed by atoms with Crippen LogP contribution in [0.2, 0.25) is 0 Å². The number of thioether (sulfide) groups is 1. The number of rotatable bonds is 8. The van der Waals surface area contributed by atoms with Gasteiger partial charge in [0, 0.05) is 12.1 Å². The Morgan fingerprint density at radius 2 is 1.79 bits per heavy atom. The summed E-state index contributed by atoms with van der Waals surface area (Å²) in [5.74, 6) is 0.293. The monoisotopic (exact) mass is 556 g/mol. The maximum atomic E-state index is 12.6. The summed E-state index contributed by atoms with van der Waals surface area (Å²) in [6.07, 6.45) is 2.08. The van der Waals surface area contributed by atoms with Crippen molar-refractivity contribution in [1.82, 2.24) is 10.2 Å². The van der Waals surface area contributed by atoms with Crippen molar-refractivity contribution < 1.29 is 19.1 Å².